The number of hydrogen-bond acceptors (Lipinski definition) is 4. The van der Waals surface area contributed by atoms with Crippen LogP contribution < -0.4 is 5.32 Å². The molecule has 0 radical (unpaired) electrons. The molecule has 0 saturated carbocycles. The first kappa shape index (κ1) is 11.3. The number of nitrogens with zero attached hydrogens (tertiary/aromatic N) is 3. The van der Waals surface area contributed by atoms with Crippen LogP contribution in [0.25, 0.3) is 10.9 Å². The van der Waals surface area contributed by atoms with Gasteiger partial charge in [-0.05, 0) is 11.6 Å². The van der Waals surface area contributed by atoms with Gasteiger partial charge in [0, 0.05) is 18.1 Å². The van der Waals surface area contributed by atoms with Crippen LogP contribution in [0.2, 0.25) is 0 Å². The van der Waals surface area contributed by atoms with Crippen molar-refractivity contribution < 1.29 is 4.79 Å². The van der Waals surface area contributed by atoms with Gasteiger partial charge in [-0.2, -0.15) is 15.4 Å². The summed E-state index contributed by atoms with van der Waals surface area (Å²) < 4.78 is 0. The minimum Gasteiger partial charge on any atom is -0.346 e. The van der Waals surface area contributed by atoms with Crippen molar-refractivity contribution in [1.29, 1.82) is 0 Å². The molecular formula is C13H11N5O. The fourth-order valence-electron chi connectivity index (χ4n) is 1.89. The summed E-state index contributed by atoms with van der Waals surface area (Å²) in [5, 5.41) is 13.6. The van der Waals surface area contributed by atoms with Crippen LogP contribution in [-0.4, -0.2) is 26.3 Å². The lowest BCUT2D eigenvalue weighted by Gasteiger charge is -2.06. The summed E-state index contributed by atoms with van der Waals surface area (Å²) in [5.41, 5.74) is 2.13. The SMILES string of the molecule is O=C(NCc1cccc2cccnc12)c1cn[nH]n1. The molecule has 1 aromatic carbocycles. The Morgan fingerprint density at radius 2 is 2.16 bits per heavy atom. The van der Waals surface area contributed by atoms with Crippen LogP contribution in [0.3, 0.4) is 0 Å². The number of carbonyl (C=O) groups is 1. The van der Waals surface area contributed by atoms with Gasteiger partial charge in [-0.25, -0.2) is 0 Å². The zero-order valence-corrected chi connectivity index (χ0v) is 10.00. The van der Waals surface area contributed by atoms with Gasteiger partial charge in [0.2, 0.25) is 0 Å². The van der Waals surface area contributed by atoms with Crippen molar-refractivity contribution >= 4 is 16.8 Å². The fourth-order valence-corrected chi connectivity index (χ4v) is 1.89. The van der Waals surface area contributed by atoms with Gasteiger partial charge in [-0.1, -0.05) is 24.3 Å². The highest BCUT2D eigenvalue weighted by atomic mass is 16.1. The van der Waals surface area contributed by atoms with Gasteiger partial charge >= 0.3 is 0 Å². The maximum Gasteiger partial charge on any atom is 0.273 e. The van der Waals surface area contributed by atoms with E-state index in [2.05, 4.69) is 25.7 Å². The molecule has 0 saturated heterocycles. The number of aromatic amines is 1. The summed E-state index contributed by atoms with van der Waals surface area (Å²) in [7, 11) is 0. The Labute approximate surface area is 108 Å². The minimum atomic E-state index is -0.262. The Kier molecular flexibility index (Phi) is 2.89. The molecule has 2 N–H and O–H groups in total. The number of benzene rings is 1. The van der Waals surface area contributed by atoms with E-state index in [1.54, 1.807) is 6.20 Å². The second-order valence-electron chi connectivity index (χ2n) is 4.03. The van der Waals surface area contributed by atoms with Gasteiger partial charge in [0.05, 0.1) is 11.7 Å². The Morgan fingerprint density at radius 1 is 1.26 bits per heavy atom. The van der Waals surface area contributed by atoms with Crippen molar-refractivity contribution in [2.75, 3.05) is 0 Å². The highest BCUT2D eigenvalue weighted by Crippen LogP contribution is 2.15. The summed E-state index contributed by atoms with van der Waals surface area (Å²) in [4.78, 5) is 16.1. The van der Waals surface area contributed by atoms with Crippen LogP contribution in [0.15, 0.2) is 42.7 Å². The molecule has 0 fully saturated rings. The summed E-state index contributed by atoms with van der Waals surface area (Å²) in [6, 6.07) is 9.76. The molecule has 6 nitrogen and oxygen atoms in total. The maximum absolute atomic E-state index is 11.8. The molecule has 0 unspecified atom stereocenters. The predicted octanol–water partition coefficient (Wildman–Crippen LogP) is 1.28. The average Bonchev–Trinajstić information content (AvgIpc) is 2.99. The third-order valence-electron chi connectivity index (χ3n) is 2.80. The van der Waals surface area contributed by atoms with Crippen LogP contribution >= 0.6 is 0 Å². The third-order valence-corrected chi connectivity index (χ3v) is 2.80. The van der Waals surface area contributed by atoms with Crippen molar-refractivity contribution in [3.8, 4) is 0 Å². The standard InChI is InChI=1S/C13H11N5O/c19-13(11-8-16-18-17-11)15-7-10-4-1-3-9-5-2-6-14-12(9)10/h1-6,8H,7H2,(H,15,19)(H,16,17,18). The summed E-state index contributed by atoms with van der Waals surface area (Å²) >= 11 is 0. The number of nitrogens with one attached hydrogen (secondary N) is 2. The molecule has 3 rings (SSSR count). The van der Waals surface area contributed by atoms with E-state index in [4.69, 9.17) is 0 Å². The van der Waals surface area contributed by atoms with Gasteiger partial charge in [-0.3, -0.25) is 9.78 Å². The van der Waals surface area contributed by atoms with E-state index in [1.165, 1.54) is 6.20 Å². The highest BCUT2D eigenvalue weighted by Gasteiger charge is 2.09. The first-order chi connectivity index (χ1) is 9.34. The molecule has 0 aliphatic heterocycles. The predicted molar refractivity (Wildman–Crippen MR) is 69.3 cm³/mol. The molecule has 0 aliphatic rings. The van der Waals surface area contributed by atoms with E-state index in [9.17, 15) is 4.79 Å². The zero-order valence-electron chi connectivity index (χ0n) is 10.00. The molecule has 2 heterocycles. The minimum absolute atomic E-state index is 0.262. The van der Waals surface area contributed by atoms with E-state index in [-0.39, 0.29) is 11.6 Å². The first-order valence-electron chi connectivity index (χ1n) is 5.81. The van der Waals surface area contributed by atoms with Crippen molar-refractivity contribution in [3.63, 3.8) is 0 Å². The number of pyridine rings is 1. The third kappa shape index (κ3) is 2.28. The van der Waals surface area contributed by atoms with Crippen molar-refractivity contribution in [2.45, 2.75) is 6.54 Å². The molecule has 19 heavy (non-hydrogen) atoms. The Bertz CT molecular complexity index is 703. The molecule has 1 amide bonds. The molecule has 0 bridgehead atoms. The van der Waals surface area contributed by atoms with Crippen molar-refractivity contribution in [1.82, 2.24) is 25.7 Å². The lowest BCUT2D eigenvalue weighted by atomic mass is 10.1. The number of hydrogen-bond donors (Lipinski definition) is 2. The summed E-state index contributed by atoms with van der Waals surface area (Å²) in [5.74, 6) is -0.262. The number of aromatic nitrogens is 4. The Balaban J connectivity index is 1.81. The van der Waals surface area contributed by atoms with Gasteiger partial charge in [-0.15, -0.1) is 0 Å². The number of rotatable bonds is 3. The highest BCUT2D eigenvalue weighted by molar-refractivity contribution is 5.92. The monoisotopic (exact) mass is 253 g/mol. The molecular weight excluding hydrogens is 242 g/mol. The van der Waals surface area contributed by atoms with Crippen molar-refractivity contribution in [3.05, 3.63) is 54.0 Å². The lowest BCUT2D eigenvalue weighted by molar-refractivity contribution is 0.0946. The molecule has 2 aromatic heterocycles. The van der Waals surface area contributed by atoms with Gasteiger partial charge in [0.1, 0.15) is 0 Å². The average molecular weight is 253 g/mol. The number of carbonyl (C=O) groups excluding carboxylic acids is 1. The number of fused-ring (bicyclic) bond motifs is 1. The summed E-state index contributed by atoms with van der Waals surface area (Å²) in [6.07, 6.45) is 3.13. The van der Waals surface area contributed by atoms with Gasteiger partial charge in [0.25, 0.3) is 5.91 Å². The molecule has 0 spiro atoms. The van der Waals surface area contributed by atoms with Crippen LogP contribution in [-0.2, 0) is 6.54 Å². The number of H-pyrrole nitrogens is 1. The normalized spacial score (nSPS) is 10.5. The van der Waals surface area contributed by atoms with Crippen LogP contribution in [0.5, 0.6) is 0 Å². The molecule has 6 heteroatoms. The summed E-state index contributed by atoms with van der Waals surface area (Å²) in [6.45, 7) is 0.403. The van der Waals surface area contributed by atoms with Crippen molar-refractivity contribution in [2.24, 2.45) is 0 Å². The van der Waals surface area contributed by atoms with Crippen LogP contribution in [0, 0.1) is 0 Å². The van der Waals surface area contributed by atoms with Gasteiger partial charge in [0.15, 0.2) is 5.69 Å². The smallest absolute Gasteiger partial charge is 0.273 e. The first-order valence-corrected chi connectivity index (χ1v) is 5.81. The van der Waals surface area contributed by atoms with E-state index < -0.39 is 0 Å². The number of amides is 1. The molecule has 94 valence electrons. The van der Waals surface area contributed by atoms with E-state index in [1.807, 2.05) is 30.3 Å². The van der Waals surface area contributed by atoms with E-state index in [0.717, 1.165) is 16.5 Å². The number of para-hydroxylation sites is 1. The van der Waals surface area contributed by atoms with E-state index >= 15 is 0 Å². The second kappa shape index (κ2) is 4.85. The molecule has 0 atom stereocenters. The Morgan fingerprint density at radius 3 is 3.00 bits per heavy atom. The largest absolute Gasteiger partial charge is 0.346 e. The Hall–Kier alpha value is -2.76. The van der Waals surface area contributed by atoms with Gasteiger partial charge < -0.3 is 5.32 Å². The van der Waals surface area contributed by atoms with E-state index in [0.29, 0.717) is 6.54 Å². The lowest BCUT2D eigenvalue weighted by Crippen LogP contribution is -2.23. The van der Waals surface area contributed by atoms with Crippen LogP contribution in [0.4, 0.5) is 0 Å². The molecule has 0 aliphatic carbocycles. The van der Waals surface area contributed by atoms with Crippen LogP contribution in [0.1, 0.15) is 16.1 Å². The quantitative estimate of drug-likeness (QED) is 0.736. The maximum atomic E-state index is 11.8. The topological polar surface area (TPSA) is 83.6 Å². The fraction of sp³-hybridized carbons (Fsp3) is 0.0769. The zero-order chi connectivity index (χ0) is 13.1. The second-order valence-corrected chi connectivity index (χ2v) is 4.03. The molecule has 3 aromatic rings.